The fraction of sp³-hybridized carbons (Fsp3) is 0.529. The Hall–Kier alpha value is -1.04. The van der Waals surface area contributed by atoms with Crippen molar-refractivity contribution in [3.63, 3.8) is 0 Å². The highest BCUT2D eigenvalue weighted by Gasteiger charge is 2.32. The molecule has 26 heavy (non-hydrogen) atoms. The number of hydrogen-bond donors (Lipinski definition) is 2. The van der Waals surface area contributed by atoms with Crippen LogP contribution in [0.5, 0.6) is 0 Å². The van der Waals surface area contributed by atoms with Crippen LogP contribution in [0.3, 0.4) is 0 Å². The number of pyridine rings is 1. The summed E-state index contributed by atoms with van der Waals surface area (Å²) in [6.45, 7) is 5.71. The second kappa shape index (κ2) is 6.84. The summed E-state index contributed by atoms with van der Waals surface area (Å²) in [5.74, 6) is 0.636. The van der Waals surface area contributed by atoms with E-state index < -0.39 is 6.10 Å². The minimum absolute atomic E-state index is 0.0318. The van der Waals surface area contributed by atoms with Crippen molar-refractivity contribution in [2.45, 2.75) is 32.8 Å². The molecular formula is C17H22IN5O2S. The molecule has 0 unspecified atom stereocenters. The third-order valence-electron chi connectivity index (χ3n) is 5.36. The highest BCUT2D eigenvalue weighted by Crippen LogP contribution is 2.34. The number of aromatic nitrogens is 4. The quantitative estimate of drug-likeness (QED) is 0.551. The molecule has 0 aliphatic carbocycles. The van der Waals surface area contributed by atoms with Gasteiger partial charge in [-0.05, 0) is 31.2 Å². The predicted molar refractivity (Wildman–Crippen MR) is 113 cm³/mol. The van der Waals surface area contributed by atoms with Crippen molar-refractivity contribution in [1.29, 1.82) is 0 Å². The summed E-state index contributed by atoms with van der Waals surface area (Å²) >= 11 is 2.24. The van der Waals surface area contributed by atoms with Gasteiger partial charge in [-0.1, -0.05) is 6.92 Å². The normalized spacial score (nSPS) is 18.7. The number of fused-ring (bicyclic) bond motifs is 3. The van der Waals surface area contributed by atoms with Gasteiger partial charge in [0.1, 0.15) is 17.1 Å². The van der Waals surface area contributed by atoms with E-state index in [1.807, 2.05) is 10.2 Å². The van der Waals surface area contributed by atoms with Crippen LogP contribution in [-0.4, -0.2) is 48.5 Å². The standard InChI is InChI=1S/C17H22IN5O2S/c1-11(25)15-20-13-9-19-16-12(3-6-22(16)26-18)14(13)23(15)21-7-4-17(2,10-24)5-8-21/h3,6,9,11,24-25H,4-5,7-8,10H2,1-2H3/t11-/m1/s1. The van der Waals surface area contributed by atoms with E-state index in [9.17, 15) is 10.2 Å². The third kappa shape index (κ3) is 2.88. The lowest BCUT2D eigenvalue weighted by molar-refractivity contribution is 0.107. The first-order chi connectivity index (χ1) is 12.5. The van der Waals surface area contributed by atoms with Gasteiger partial charge >= 0.3 is 0 Å². The molecular weight excluding hydrogens is 465 g/mol. The number of halogens is 1. The number of imidazole rings is 1. The van der Waals surface area contributed by atoms with E-state index in [2.05, 4.69) is 53.8 Å². The molecule has 1 fully saturated rings. The van der Waals surface area contributed by atoms with Gasteiger partial charge < -0.3 is 15.2 Å². The molecule has 1 aliphatic heterocycles. The van der Waals surface area contributed by atoms with E-state index in [0.717, 1.165) is 48.0 Å². The molecule has 0 aromatic carbocycles. The van der Waals surface area contributed by atoms with E-state index >= 15 is 0 Å². The molecule has 4 rings (SSSR count). The number of piperidine rings is 1. The molecule has 3 aromatic rings. The highest BCUT2D eigenvalue weighted by molar-refractivity contribution is 14.2. The molecule has 2 N–H and O–H groups in total. The van der Waals surface area contributed by atoms with Gasteiger partial charge in [-0.3, -0.25) is 3.97 Å². The van der Waals surface area contributed by atoms with E-state index in [-0.39, 0.29) is 12.0 Å². The van der Waals surface area contributed by atoms with Crippen molar-refractivity contribution < 1.29 is 10.2 Å². The van der Waals surface area contributed by atoms with Crippen LogP contribution in [0.15, 0.2) is 18.5 Å². The Bertz CT molecular complexity index is 946. The van der Waals surface area contributed by atoms with Gasteiger partial charge in [0, 0.05) is 61.6 Å². The van der Waals surface area contributed by atoms with Crippen LogP contribution in [0.4, 0.5) is 0 Å². The summed E-state index contributed by atoms with van der Waals surface area (Å²) in [7, 11) is 1.57. The van der Waals surface area contributed by atoms with Gasteiger partial charge in [0.2, 0.25) is 0 Å². The molecule has 1 aliphatic rings. The summed E-state index contributed by atoms with van der Waals surface area (Å²) in [6, 6.07) is 2.06. The highest BCUT2D eigenvalue weighted by atomic mass is 127. The topological polar surface area (TPSA) is 79.3 Å². The lowest BCUT2D eigenvalue weighted by Crippen LogP contribution is -2.46. The summed E-state index contributed by atoms with van der Waals surface area (Å²) in [5.41, 5.74) is 2.64. The molecule has 1 saturated heterocycles. The first-order valence-electron chi connectivity index (χ1n) is 8.69. The maximum absolute atomic E-state index is 10.3. The fourth-order valence-corrected chi connectivity index (χ4v) is 4.91. The van der Waals surface area contributed by atoms with Crippen molar-refractivity contribution >= 4 is 52.4 Å². The van der Waals surface area contributed by atoms with E-state index in [0.29, 0.717) is 5.82 Å². The average Bonchev–Trinajstić information content (AvgIpc) is 3.23. The zero-order valence-electron chi connectivity index (χ0n) is 14.8. The Morgan fingerprint density at radius 2 is 2.12 bits per heavy atom. The SMILES string of the molecule is C[C@@H](O)c1nc2cnc3c(ccn3SI)c2n1N1CCC(C)(CO)CC1. The largest absolute Gasteiger partial charge is 0.396 e. The van der Waals surface area contributed by atoms with Crippen molar-refractivity contribution in [2.75, 3.05) is 24.7 Å². The first kappa shape index (κ1) is 18.3. The monoisotopic (exact) mass is 487 g/mol. The summed E-state index contributed by atoms with van der Waals surface area (Å²) in [5, 5.41) is 23.3. The van der Waals surface area contributed by atoms with E-state index in [1.54, 1.807) is 22.2 Å². The number of nitrogens with zero attached hydrogens (tertiary/aromatic N) is 5. The van der Waals surface area contributed by atoms with Gasteiger partial charge in [-0.25, -0.2) is 14.6 Å². The Balaban J connectivity index is 1.89. The minimum Gasteiger partial charge on any atom is -0.396 e. The zero-order valence-corrected chi connectivity index (χ0v) is 17.7. The Morgan fingerprint density at radius 1 is 1.38 bits per heavy atom. The second-order valence-corrected chi connectivity index (χ2v) is 9.03. The number of aliphatic hydroxyl groups is 2. The van der Waals surface area contributed by atoms with Crippen LogP contribution in [-0.2, 0) is 0 Å². The van der Waals surface area contributed by atoms with E-state index in [1.165, 1.54) is 0 Å². The smallest absolute Gasteiger partial charge is 0.157 e. The summed E-state index contributed by atoms with van der Waals surface area (Å²) in [6.07, 6.45) is 4.92. The average molecular weight is 487 g/mol. The Kier molecular flexibility index (Phi) is 4.82. The molecule has 0 bridgehead atoms. The van der Waals surface area contributed by atoms with Crippen LogP contribution in [0.1, 0.15) is 38.6 Å². The molecule has 3 aromatic heterocycles. The van der Waals surface area contributed by atoms with Crippen molar-refractivity contribution in [3.05, 3.63) is 24.3 Å². The molecule has 9 heteroatoms. The number of hydrogen-bond acceptors (Lipinski definition) is 6. The molecule has 0 amide bonds. The van der Waals surface area contributed by atoms with Crippen LogP contribution in [0.2, 0.25) is 0 Å². The fourth-order valence-electron chi connectivity index (χ4n) is 3.63. The predicted octanol–water partition coefficient (Wildman–Crippen LogP) is 3.02. The van der Waals surface area contributed by atoms with Gasteiger partial charge in [0.25, 0.3) is 0 Å². The molecule has 1 atom stereocenters. The number of rotatable bonds is 4. The van der Waals surface area contributed by atoms with Crippen molar-refractivity contribution in [3.8, 4) is 0 Å². The molecule has 0 spiro atoms. The molecule has 140 valence electrons. The second-order valence-electron chi connectivity index (χ2n) is 7.32. The number of aliphatic hydroxyl groups excluding tert-OH is 2. The van der Waals surface area contributed by atoms with Gasteiger partial charge in [0.05, 0.1) is 6.20 Å². The van der Waals surface area contributed by atoms with Crippen LogP contribution >= 0.6 is 30.3 Å². The van der Waals surface area contributed by atoms with E-state index in [4.69, 9.17) is 0 Å². The van der Waals surface area contributed by atoms with Crippen LogP contribution in [0.25, 0.3) is 22.1 Å². The lowest BCUT2D eigenvalue weighted by Gasteiger charge is -2.40. The molecule has 0 saturated carbocycles. The van der Waals surface area contributed by atoms with Crippen molar-refractivity contribution in [2.24, 2.45) is 5.41 Å². The molecule has 7 nitrogen and oxygen atoms in total. The van der Waals surface area contributed by atoms with Gasteiger partial charge in [-0.2, -0.15) is 0 Å². The molecule has 4 heterocycles. The maximum atomic E-state index is 10.3. The van der Waals surface area contributed by atoms with Crippen LogP contribution < -0.4 is 5.01 Å². The summed E-state index contributed by atoms with van der Waals surface area (Å²) < 4.78 is 4.09. The minimum atomic E-state index is -0.676. The Morgan fingerprint density at radius 3 is 2.73 bits per heavy atom. The van der Waals surface area contributed by atoms with Gasteiger partial charge in [-0.15, -0.1) is 0 Å². The zero-order chi connectivity index (χ0) is 18.5. The Labute approximate surface area is 168 Å². The first-order valence-corrected chi connectivity index (χ1v) is 12.0. The van der Waals surface area contributed by atoms with Crippen molar-refractivity contribution in [1.82, 2.24) is 18.6 Å². The maximum Gasteiger partial charge on any atom is 0.157 e. The summed E-state index contributed by atoms with van der Waals surface area (Å²) in [4.78, 5) is 9.23. The molecule has 0 radical (unpaired) electrons. The van der Waals surface area contributed by atoms with Gasteiger partial charge in [0.15, 0.2) is 11.5 Å². The lowest BCUT2D eigenvalue weighted by atomic mass is 9.82. The third-order valence-corrected chi connectivity index (χ3v) is 7.07. The van der Waals surface area contributed by atoms with Crippen LogP contribution in [0, 0.1) is 5.41 Å².